The first kappa shape index (κ1) is 19.5. The highest BCUT2D eigenvalue weighted by atomic mass is 35.5. The molecule has 0 atom stereocenters. The smallest absolute Gasteiger partial charge is 0.309 e. The Labute approximate surface area is 163 Å². The van der Waals surface area contributed by atoms with Crippen LogP contribution in [0.15, 0.2) is 36.8 Å². The molecule has 0 unspecified atom stereocenters. The van der Waals surface area contributed by atoms with Crippen LogP contribution in [0.5, 0.6) is 0 Å². The molecule has 1 amide bonds. The van der Waals surface area contributed by atoms with E-state index in [4.69, 9.17) is 11.6 Å². The third-order valence-electron chi connectivity index (χ3n) is 4.12. The van der Waals surface area contributed by atoms with Gasteiger partial charge in [0.1, 0.15) is 17.7 Å². The highest BCUT2D eigenvalue weighted by Gasteiger charge is 2.17. The van der Waals surface area contributed by atoms with Crippen LogP contribution < -0.4 is 5.32 Å². The van der Waals surface area contributed by atoms with Gasteiger partial charge in [-0.05, 0) is 19.1 Å². The quantitative estimate of drug-likeness (QED) is 0.479. The largest absolute Gasteiger partial charge is 0.323 e. The van der Waals surface area contributed by atoms with Crippen LogP contribution in [0, 0.1) is 22.9 Å². The van der Waals surface area contributed by atoms with E-state index in [1.54, 1.807) is 19.2 Å². The molecule has 1 N–H and O–H groups in total. The molecular formula is C17H16ClFN6O3. The van der Waals surface area contributed by atoms with Gasteiger partial charge in [-0.3, -0.25) is 24.3 Å². The number of hydrogen-bond acceptors (Lipinski definition) is 5. The van der Waals surface area contributed by atoms with Gasteiger partial charge in [0.25, 0.3) is 0 Å². The second kappa shape index (κ2) is 8.17. The number of benzene rings is 1. The number of rotatable bonds is 7. The van der Waals surface area contributed by atoms with E-state index in [2.05, 4.69) is 15.5 Å². The van der Waals surface area contributed by atoms with Gasteiger partial charge in [-0.25, -0.2) is 4.39 Å². The molecule has 0 saturated carbocycles. The summed E-state index contributed by atoms with van der Waals surface area (Å²) in [5.74, 6) is -0.738. The van der Waals surface area contributed by atoms with E-state index in [-0.39, 0.29) is 31.1 Å². The number of carbonyl (C=O) groups excluding carboxylic acids is 1. The molecule has 2 heterocycles. The van der Waals surface area contributed by atoms with Crippen molar-refractivity contribution in [3.63, 3.8) is 0 Å². The second-order valence-electron chi connectivity index (χ2n) is 6.02. The Kier molecular flexibility index (Phi) is 5.69. The van der Waals surface area contributed by atoms with Crippen LogP contribution in [0.25, 0.3) is 0 Å². The lowest BCUT2D eigenvalue weighted by molar-refractivity contribution is -0.385. The minimum absolute atomic E-state index is 0.0734. The summed E-state index contributed by atoms with van der Waals surface area (Å²) in [5, 5.41) is 21.8. The normalized spacial score (nSPS) is 10.8. The van der Waals surface area contributed by atoms with Crippen molar-refractivity contribution in [1.29, 1.82) is 0 Å². The van der Waals surface area contributed by atoms with Gasteiger partial charge in [0.15, 0.2) is 0 Å². The van der Waals surface area contributed by atoms with Gasteiger partial charge in [0.05, 0.1) is 29.9 Å². The molecule has 11 heteroatoms. The van der Waals surface area contributed by atoms with Crippen molar-refractivity contribution in [2.24, 2.45) is 0 Å². The van der Waals surface area contributed by atoms with Crippen LogP contribution in [0.1, 0.15) is 17.7 Å². The molecule has 0 fully saturated rings. The maximum Gasteiger partial charge on any atom is 0.309 e. The average molecular weight is 407 g/mol. The zero-order valence-corrected chi connectivity index (χ0v) is 15.6. The van der Waals surface area contributed by atoms with Crippen molar-refractivity contribution in [2.45, 2.75) is 26.4 Å². The SMILES string of the molecule is Cc1c([N+](=O)[O-])cnn1CCC(=O)Nc1cnn(Cc2c(F)cccc2Cl)c1. The van der Waals surface area contributed by atoms with E-state index in [9.17, 15) is 19.3 Å². The Morgan fingerprint density at radius 1 is 1.36 bits per heavy atom. The number of aryl methyl sites for hydroxylation is 1. The van der Waals surface area contributed by atoms with Crippen LogP contribution in [0.4, 0.5) is 15.8 Å². The first-order valence-electron chi connectivity index (χ1n) is 8.27. The molecule has 0 aliphatic carbocycles. The standard InChI is InChI=1S/C17H16ClFN6O3/c1-11-16(25(27)28)8-21-24(11)6-5-17(26)22-12-7-20-23(9-12)10-13-14(18)3-2-4-15(13)19/h2-4,7-9H,5-6,10H2,1H3,(H,22,26). The van der Waals surface area contributed by atoms with Gasteiger partial charge in [-0.2, -0.15) is 10.2 Å². The van der Waals surface area contributed by atoms with Gasteiger partial charge in [0, 0.05) is 23.2 Å². The lowest BCUT2D eigenvalue weighted by Crippen LogP contribution is -2.15. The van der Waals surface area contributed by atoms with Crippen LogP contribution in [0.2, 0.25) is 5.02 Å². The first-order chi connectivity index (χ1) is 13.3. The fraction of sp³-hybridized carbons (Fsp3) is 0.235. The summed E-state index contributed by atoms with van der Waals surface area (Å²) in [6.07, 6.45) is 4.23. The number of carbonyl (C=O) groups is 1. The fourth-order valence-electron chi connectivity index (χ4n) is 2.63. The number of aromatic nitrogens is 4. The van der Waals surface area contributed by atoms with Crippen molar-refractivity contribution < 1.29 is 14.1 Å². The van der Waals surface area contributed by atoms with Crippen molar-refractivity contribution >= 4 is 28.9 Å². The third-order valence-corrected chi connectivity index (χ3v) is 4.48. The lowest BCUT2D eigenvalue weighted by Gasteiger charge is -2.06. The highest BCUT2D eigenvalue weighted by molar-refractivity contribution is 6.31. The summed E-state index contributed by atoms with van der Waals surface area (Å²) in [7, 11) is 0. The van der Waals surface area contributed by atoms with E-state index in [1.165, 1.54) is 27.7 Å². The minimum Gasteiger partial charge on any atom is -0.323 e. The molecule has 3 aromatic rings. The summed E-state index contributed by atoms with van der Waals surface area (Å²) in [4.78, 5) is 22.4. The summed E-state index contributed by atoms with van der Waals surface area (Å²) in [5.41, 5.74) is 1.04. The Hall–Kier alpha value is -3.27. The Balaban J connectivity index is 1.58. The molecule has 28 heavy (non-hydrogen) atoms. The third kappa shape index (κ3) is 4.34. The van der Waals surface area contributed by atoms with E-state index in [0.29, 0.717) is 22.0 Å². The number of hydrogen-bond donors (Lipinski definition) is 1. The van der Waals surface area contributed by atoms with Gasteiger partial charge >= 0.3 is 5.69 Å². The van der Waals surface area contributed by atoms with Gasteiger partial charge in [-0.15, -0.1) is 0 Å². The zero-order valence-electron chi connectivity index (χ0n) is 14.8. The Bertz CT molecular complexity index is 1010. The van der Waals surface area contributed by atoms with Crippen LogP contribution in [0.3, 0.4) is 0 Å². The molecule has 146 valence electrons. The number of amides is 1. The minimum atomic E-state index is -0.519. The summed E-state index contributed by atoms with van der Waals surface area (Å²) >= 11 is 6.00. The van der Waals surface area contributed by atoms with Gasteiger partial charge < -0.3 is 5.32 Å². The topological polar surface area (TPSA) is 108 Å². The molecule has 2 aromatic heterocycles. The van der Waals surface area contributed by atoms with Crippen LogP contribution in [-0.2, 0) is 17.9 Å². The van der Waals surface area contributed by atoms with Crippen LogP contribution >= 0.6 is 11.6 Å². The monoisotopic (exact) mass is 406 g/mol. The van der Waals surface area contributed by atoms with E-state index in [0.717, 1.165) is 6.20 Å². The molecule has 0 spiro atoms. The van der Waals surface area contributed by atoms with Crippen LogP contribution in [-0.4, -0.2) is 30.4 Å². The second-order valence-corrected chi connectivity index (χ2v) is 6.43. The zero-order chi connectivity index (χ0) is 20.3. The molecule has 0 saturated heterocycles. The summed E-state index contributed by atoms with van der Waals surface area (Å²) in [6.45, 7) is 1.89. The summed E-state index contributed by atoms with van der Waals surface area (Å²) in [6, 6.07) is 4.43. The van der Waals surface area contributed by atoms with Crippen molar-refractivity contribution in [3.05, 3.63) is 69.0 Å². The molecule has 1 aromatic carbocycles. The lowest BCUT2D eigenvalue weighted by atomic mass is 10.2. The fourth-order valence-corrected chi connectivity index (χ4v) is 2.86. The molecule has 9 nitrogen and oxygen atoms in total. The molecule has 0 aliphatic heterocycles. The predicted octanol–water partition coefficient (Wildman–Crippen LogP) is 3.17. The Morgan fingerprint density at radius 2 is 2.14 bits per heavy atom. The molecular weight excluding hydrogens is 391 g/mol. The van der Waals surface area contributed by atoms with Crippen molar-refractivity contribution in [1.82, 2.24) is 19.6 Å². The number of nitrogens with one attached hydrogen (secondary N) is 1. The number of anilines is 1. The number of halogens is 2. The maximum atomic E-state index is 13.9. The molecule has 0 aliphatic rings. The number of nitro groups is 1. The van der Waals surface area contributed by atoms with E-state index < -0.39 is 10.7 Å². The summed E-state index contributed by atoms with van der Waals surface area (Å²) < 4.78 is 16.7. The van der Waals surface area contributed by atoms with E-state index >= 15 is 0 Å². The molecule has 3 rings (SSSR count). The highest BCUT2D eigenvalue weighted by Crippen LogP contribution is 2.20. The van der Waals surface area contributed by atoms with Gasteiger partial charge in [0.2, 0.25) is 5.91 Å². The average Bonchev–Trinajstić information content (AvgIpc) is 3.23. The first-order valence-corrected chi connectivity index (χ1v) is 8.65. The predicted molar refractivity (Wildman–Crippen MR) is 99.6 cm³/mol. The Morgan fingerprint density at radius 3 is 2.82 bits per heavy atom. The molecule has 0 radical (unpaired) electrons. The maximum absolute atomic E-state index is 13.9. The van der Waals surface area contributed by atoms with Crippen molar-refractivity contribution in [3.8, 4) is 0 Å². The molecule has 0 bridgehead atoms. The number of nitrogens with zero attached hydrogens (tertiary/aromatic N) is 5. The van der Waals surface area contributed by atoms with E-state index in [1.807, 2.05) is 0 Å². The van der Waals surface area contributed by atoms with Crippen molar-refractivity contribution in [2.75, 3.05) is 5.32 Å². The van der Waals surface area contributed by atoms with Gasteiger partial charge in [-0.1, -0.05) is 17.7 Å².